The second kappa shape index (κ2) is 5.03. The Morgan fingerprint density at radius 2 is 2.00 bits per heavy atom. The Kier molecular flexibility index (Phi) is 3.98. The maximum absolute atomic E-state index is 11.0. The van der Waals surface area contributed by atoms with Crippen LogP contribution in [0.1, 0.15) is 39.0 Å². The molecule has 1 aliphatic carbocycles. The smallest absolute Gasteiger partial charge is 0.362 e. The standard InChI is InChI=1S/C10H16N2O2/c1-7(13)9(12-11)10(14)8-5-3-2-4-6-8/h8,10,14H,2-6H2,1H3. The highest BCUT2D eigenvalue weighted by atomic mass is 16.3. The minimum absolute atomic E-state index is 0.0820. The molecule has 0 aromatic heterocycles. The highest BCUT2D eigenvalue weighted by Crippen LogP contribution is 2.26. The summed E-state index contributed by atoms with van der Waals surface area (Å²) < 4.78 is 0. The van der Waals surface area contributed by atoms with Crippen LogP contribution in [0.15, 0.2) is 0 Å². The lowest BCUT2D eigenvalue weighted by molar-refractivity contribution is -0.117. The first-order valence-corrected chi connectivity index (χ1v) is 5.07. The third kappa shape index (κ3) is 2.50. The molecule has 4 heteroatoms. The van der Waals surface area contributed by atoms with Crippen molar-refractivity contribution in [2.24, 2.45) is 5.92 Å². The fraction of sp³-hybridized carbons (Fsp3) is 0.800. The summed E-state index contributed by atoms with van der Waals surface area (Å²) in [5, 5.41) is 9.79. The summed E-state index contributed by atoms with van der Waals surface area (Å²) in [5.41, 5.74) is 8.50. The van der Waals surface area contributed by atoms with Crippen LogP contribution in [0.5, 0.6) is 0 Å². The van der Waals surface area contributed by atoms with E-state index in [1.807, 2.05) is 0 Å². The van der Waals surface area contributed by atoms with Gasteiger partial charge in [0.15, 0.2) is 6.10 Å². The molecule has 0 amide bonds. The Bertz CT molecular complexity index is 263. The van der Waals surface area contributed by atoms with Gasteiger partial charge in [-0.2, -0.15) is 4.79 Å². The molecule has 0 saturated heterocycles. The van der Waals surface area contributed by atoms with Crippen LogP contribution in [0, 0.1) is 5.92 Å². The SMILES string of the molecule is CC(=O)C(=[N+]=[N-])C(O)C1CCCCC1. The highest BCUT2D eigenvalue weighted by Gasteiger charge is 2.33. The molecular formula is C10H16N2O2. The van der Waals surface area contributed by atoms with Crippen molar-refractivity contribution in [2.75, 3.05) is 0 Å². The van der Waals surface area contributed by atoms with Crippen molar-refractivity contribution in [3.8, 4) is 0 Å². The molecule has 1 fully saturated rings. The zero-order chi connectivity index (χ0) is 10.6. The topological polar surface area (TPSA) is 73.7 Å². The molecule has 0 bridgehead atoms. The third-order valence-electron chi connectivity index (χ3n) is 2.84. The lowest BCUT2D eigenvalue weighted by Gasteiger charge is -2.23. The second-order valence-electron chi connectivity index (χ2n) is 3.88. The molecule has 0 spiro atoms. The van der Waals surface area contributed by atoms with Gasteiger partial charge in [0.2, 0.25) is 5.78 Å². The van der Waals surface area contributed by atoms with Gasteiger partial charge in [-0.3, -0.25) is 4.79 Å². The zero-order valence-corrected chi connectivity index (χ0v) is 8.44. The first-order valence-electron chi connectivity index (χ1n) is 5.07. The Balaban J connectivity index is 2.66. The molecule has 4 nitrogen and oxygen atoms in total. The Labute approximate surface area is 83.6 Å². The van der Waals surface area contributed by atoms with Gasteiger partial charge in [0.05, 0.1) is 0 Å². The summed E-state index contributed by atoms with van der Waals surface area (Å²) in [6.45, 7) is 1.31. The van der Waals surface area contributed by atoms with Gasteiger partial charge in [0.25, 0.3) is 0 Å². The van der Waals surface area contributed by atoms with Crippen molar-refractivity contribution in [1.82, 2.24) is 0 Å². The van der Waals surface area contributed by atoms with Crippen molar-refractivity contribution >= 4 is 11.5 Å². The minimum Gasteiger partial charge on any atom is -0.380 e. The maximum Gasteiger partial charge on any atom is 0.362 e. The summed E-state index contributed by atoms with van der Waals surface area (Å²) in [6, 6.07) is 0. The zero-order valence-electron chi connectivity index (χ0n) is 8.44. The van der Waals surface area contributed by atoms with Crippen molar-refractivity contribution in [1.29, 1.82) is 0 Å². The summed E-state index contributed by atoms with van der Waals surface area (Å²) in [6.07, 6.45) is 4.28. The molecule has 1 atom stereocenters. The first kappa shape index (κ1) is 11.1. The van der Waals surface area contributed by atoms with Gasteiger partial charge in [-0.05, 0) is 18.8 Å². The lowest BCUT2D eigenvalue weighted by Crippen LogP contribution is -2.35. The largest absolute Gasteiger partial charge is 0.380 e. The molecular weight excluding hydrogens is 180 g/mol. The third-order valence-corrected chi connectivity index (χ3v) is 2.84. The number of hydrogen-bond donors (Lipinski definition) is 1. The fourth-order valence-electron chi connectivity index (χ4n) is 2.01. The number of carbonyl (C=O) groups excluding carboxylic acids is 1. The van der Waals surface area contributed by atoms with Crippen molar-refractivity contribution < 1.29 is 14.7 Å². The molecule has 0 aromatic rings. The van der Waals surface area contributed by atoms with Gasteiger partial charge >= 0.3 is 5.71 Å². The molecule has 1 rings (SSSR count). The number of hydrogen-bond acceptors (Lipinski definition) is 2. The van der Waals surface area contributed by atoms with E-state index < -0.39 is 6.10 Å². The number of carbonyl (C=O) groups is 1. The van der Waals surface area contributed by atoms with Gasteiger partial charge in [0, 0.05) is 6.92 Å². The van der Waals surface area contributed by atoms with E-state index in [9.17, 15) is 9.90 Å². The van der Waals surface area contributed by atoms with E-state index in [4.69, 9.17) is 5.53 Å². The van der Waals surface area contributed by atoms with Crippen molar-refractivity contribution in [3.63, 3.8) is 0 Å². The maximum atomic E-state index is 11.0. The number of nitrogens with zero attached hydrogens (tertiary/aromatic N) is 2. The molecule has 1 aliphatic rings. The normalized spacial score (nSPS) is 19.9. The van der Waals surface area contributed by atoms with Gasteiger partial charge in [-0.15, -0.1) is 0 Å². The molecule has 0 aromatic carbocycles. The van der Waals surface area contributed by atoms with Crippen LogP contribution in [0.25, 0.3) is 5.53 Å². The quantitative estimate of drug-likeness (QED) is 0.418. The van der Waals surface area contributed by atoms with Gasteiger partial charge < -0.3 is 10.6 Å². The number of rotatable bonds is 3. The Morgan fingerprint density at radius 1 is 1.43 bits per heavy atom. The van der Waals surface area contributed by atoms with Crippen molar-refractivity contribution in [3.05, 3.63) is 5.53 Å². The van der Waals surface area contributed by atoms with Crippen LogP contribution < -0.4 is 0 Å². The van der Waals surface area contributed by atoms with E-state index in [0.29, 0.717) is 0 Å². The first-order chi connectivity index (χ1) is 6.66. The van der Waals surface area contributed by atoms with Crippen LogP contribution in [0.4, 0.5) is 0 Å². The number of ketones is 1. The predicted molar refractivity (Wildman–Crippen MR) is 51.9 cm³/mol. The number of aliphatic hydroxyl groups is 1. The number of Topliss-reactive ketones (excluding diaryl/α,β-unsaturated/α-hetero) is 1. The molecule has 1 saturated carbocycles. The van der Waals surface area contributed by atoms with Crippen LogP contribution in [-0.4, -0.2) is 27.5 Å². The molecule has 14 heavy (non-hydrogen) atoms. The highest BCUT2D eigenvalue weighted by molar-refractivity contribution is 6.38. The van der Waals surface area contributed by atoms with Crippen LogP contribution >= 0.6 is 0 Å². The van der Waals surface area contributed by atoms with Gasteiger partial charge in [-0.1, -0.05) is 19.3 Å². The molecule has 0 radical (unpaired) electrons. The van der Waals surface area contributed by atoms with Crippen LogP contribution in [0.3, 0.4) is 0 Å². The molecule has 1 N–H and O–H groups in total. The summed E-state index contributed by atoms with van der Waals surface area (Å²) in [4.78, 5) is 13.9. The van der Waals surface area contributed by atoms with E-state index in [-0.39, 0.29) is 17.4 Å². The second-order valence-corrected chi connectivity index (χ2v) is 3.88. The molecule has 0 aliphatic heterocycles. The average Bonchev–Trinajstić information content (AvgIpc) is 2.19. The van der Waals surface area contributed by atoms with Gasteiger partial charge in [0.1, 0.15) is 0 Å². The van der Waals surface area contributed by atoms with E-state index >= 15 is 0 Å². The van der Waals surface area contributed by atoms with E-state index in [0.717, 1.165) is 25.7 Å². The van der Waals surface area contributed by atoms with Crippen LogP contribution in [0.2, 0.25) is 0 Å². The average molecular weight is 196 g/mol. The Hall–Kier alpha value is -0.990. The predicted octanol–water partition coefficient (Wildman–Crippen LogP) is 1.19. The monoisotopic (exact) mass is 196 g/mol. The summed E-state index contributed by atoms with van der Waals surface area (Å²) >= 11 is 0. The Morgan fingerprint density at radius 3 is 2.43 bits per heavy atom. The molecule has 78 valence electrons. The fourth-order valence-corrected chi connectivity index (χ4v) is 2.01. The van der Waals surface area contributed by atoms with E-state index in [1.54, 1.807) is 0 Å². The molecule has 1 unspecified atom stereocenters. The summed E-state index contributed by atoms with van der Waals surface area (Å²) in [5.74, 6) is -0.274. The summed E-state index contributed by atoms with van der Waals surface area (Å²) in [7, 11) is 0. The van der Waals surface area contributed by atoms with E-state index in [2.05, 4.69) is 4.79 Å². The number of aliphatic hydroxyl groups excluding tert-OH is 1. The molecule has 0 heterocycles. The lowest BCUT2D eigenvalue weighted by atomic mass is 9.83. The van der Waals surface area contributed by atoms with Gasteiger partial charge in [-0.25, -0.2) is 0 Å². The van der Waals surface area contributed by atoms with E-state index in [1.165, 1.54) is 13.3 Å². The van der Waals surface area contributed by atoms with Crippen molar-refractivity contribution in [2.45, 2.75) is 45.1 Å². The van der Waals surface area contributed by atoms with Crippen LogP contribution in [-0.2, 0) is 4.79 Å². The minimum atomic E-state index is -0.891.